The number of rotatable bonds is 1. The lowest BCUT2D eigenvalue weighted by atomic mass is 10.4. The van der Waals surface area contributed by atoms with E-state index >= 15 is 0 Å². The summed E-state index contributed by atoms with van der Waals surface area (Å²) in [6, 6.07) is 0. The Labute approximate surface area is 72.7 Å². The Morgan fingerprint density at radius 2 is 2.25 bits per heavy atom. The fourth-order valence-electron chi connectivity index (χ4n) is 0.826. The van der Waals surface area contributed by atoms with E-state index < -0.39 is 23.5 Å². The Morgan fingerprint density at radius 1 is 1.58 bits per heavy atom. The first kappa shape index (κ1) is 9.21. The quantitative estimate of drug-likeness (QED) is 0.514. The van der Waals surface area contributed by atoms with E-state index in [1.54, 1.807) is 0 Å². The average Bonchev–Trinajstić information content (AvgIpc) is 2.08. The second-order valence-electron chi connectivity index (χ2n) is 2.14. The van der Waals surface area contributed by atoms with Crippen LogP contribution in [0, 0.1) is 0 Å². The predicted octanol–water partition coefficient (Wildman–Crippen LogP) is -1.39. The highest BCUT2D eigenvalue weighted by Crippen LogP contribution is 2.12. The SMILES string of the molecule is O=C1SCCN(C(=O)CO)C1=O. The van der Waals surface area contributed by atoms with Gasteiger partial charge in [0, 0.05) is 12.3 Å². The molecule has 0 saturated carbocycles. The summed E-state index contributed by atoms with van der Waals surface area (Å²) in [5, 5.41) is 7.79. The van der Waals surface area contributed by atoms with Crippen molar-refractivity contribution in [3.8, 4) is 0 Å². The zero-order valence-electron chi connectivity index (χ0n) is 6.15. The van der Waals surface area contributed by atoms with Gasteiger partial charge in [-0.15, -0.1) is 0 Å². The van der Waals surface area contributed by atoms with Gasteiger partial charge >= 0.3 is 5.91 Å². The summed E-state index contributed by atoms with van der Waals surface area (Å²) in [4.78, 5) is 33.3. The first-order valence-electron chi connectivity index (χ1n) is 3.29. The highest BCUT2D eigenvalue weighted by molar-refractivity contribution is 8.15. The van der Waals surface area contributed by atoms with Crippen LogP contribution in [0.25, 0.3) is 0 Å². The van der Waals surface area contributed by atoms with Crippen molar-refractivity contribution in [2.45, 2.75) is 0 Å². The molecule has 1 rings (SSSR count). The van der Waals surface area contributed by atoms with E-state index in [9.17, 15) is 14.4 Å². The maximum absolute atomic E-state index is 10.9. The fourth-order valence-corrected chi connectivity index (χ4v) is 1.52. The molecule has 2 amide bonds. The van der Waals surface area contributed by atoms with Crippen LogP contribution in [0.3, 0.4) is 0 Å². The van der Waals surface area contributed by atoms with Gasteiger partial charge < -0.3 is 5.11 Å². The molecule has 1 fully saturated rings. The van der Waals surface area contributed by atoms with Gasteiger partial charge in [0.25, 0.3) is 11.0 Å². The van der Waals surface area contributed by atoms with Gasteiger partial charge in [-0.3, -0.25) is 19.3 Å². The molecule has 1 saturated heterocycles. The molecule has 1 aliphatic heterocycles. The highest BCUT2D eigenvalue weighted by atomic mass is 32.2. The van der Waals surface area contributed by atoms with Gasteiger partial charge in [-0.25, -0.2) is 0 Å². The lowest BCUT2D eigenvalue weighted by Gasteiger charge is -2.21. The van der Waals surface area contributed by atoms with Crippen LogP contribution in [0.2, 0.25) is 0 Å². The fraction of sp³-hybridized carbons (Fsp3) is 0.500. The molecule has 12 heavy (non-hydrogen) atoms. The van der Waals surface area contributed by atoms with E-state index in [0.717, 1.165) is 16.7 Å². The first-order valence-corrected chi connectivity index (χ1v) is 4.27. The van der Waals surface area contributed by atoms with E-state index in [4.69, 9.17) is 5.11 Å². The maximum Gasteiger partial charge on any atom is 0.307 e. The molecule has 0 aromatic heterocycles. The summed E-state index contributed by atoms with van der Waals surface area (Å²) < 4.78 is 0. The monoisotopic (exact) mass is 189 g/mol. The molecule has 0 aromatic rings. The van der Waals surface area contributed by atoms with Crippen LogP contribution in [0.4, 0.5) is 0 Å². The number of imide groups is 1. The van der Waals surface area contributed by atoms with Crippen LogP contribution in [-0.2, 0) is 14.4 Å². The summed E-state index contributed by atoms with van der Waals surface area (Å²) in [6.07, 6.45) is 0. The molecule has 66 valence electrons. The minimum absolute atomic E-state index is 0.203. The van der Waals surface area contributed by atoms with Crippen LogP contribution in [0.5, 0.6) is 0 Å². The van der Waals surface area contributed by atoms with Crippen molar-refractivity contribution in [1.29, 1.82) is 0 Å². The Hall–Kier alpha value is -0.880. The molecular weight excluding hydrogens is 182 g/mol. The van der Waals surface area contributed by atoms with Crippen molar-refractivity contribution in [3.63, 3.8) is 0 Å². The molecule has 6 heteroatoms. The largest absolute Gasteiger partial charge is 0.387 e. The van der Waals surface area contributed by atoms with Crippen molar-refractivity contribution in [1.82, 2.24) is 4.90 Å². The summed E-state index contributed by atoms with van der Waals surface area (Å²) in [6.45, 7) is -0.529. The second-order valence-corrected chi connectivity index (χ2v) is 3.21. The summed E-state index contributed by atoms with van der Waals surface area (Å²) >= 11 is 0.894. The van der Waals surface area contributed by atoms with Crippen LogP contribution in [-0.4, -0.2) is 45.8 Å². The van der Waals surface area contributed by atoms with Gasteiger partial charge in [-0.2, -0.15) is 0 Å². The maximum atomic E-state index is 10.9. The third kappa shape index (κ3) is 1.64. The number of carbonyl (C=O) groups is 3. The zero-order chi connectivity index (χ0) is 9.14. The Morgan fingerprint density at radius 3 is 2.83 bits per heavy atom. The Kier molecular flexibility index (Phi) is 2.83. The van der Waals surface area contributed by atoms with Gasteiger partial charge in [-0.05, 0) is 0 Å². The smallest absolute Gasteiger partial charge is 0.307 e. The normalized spacial score (nSPS) is 18.2. The molecule has 0 unspecified atom stereocenters. The van der Waals surface area contributed by atoms with Crippen molar-refractivity contribution < 1.29 is 19.5 Å². The lowest BCUT2D eigenvalue weighted by Crippen LogP contribution is -2.46. The van der Waals surface area contributed by atoms with Crippen LogP contribution >= 0.6 is 11.8 Å². The van der Waals surface area contributed by atoms with E-state index in [1.807, 2.05) is 0 Å². The first-order chi connectivity index (χ1) is 5.66. The lowest BCUT2D eigenvalue weighted by molar-refractivity contribution is -0.150. The van der Waals surface area contributed by atoms with Gasteiger partial charge in [0.1, 0.15) is 6.61 Å². The summed E-state index contributed by atoms with van der Waals surface area (Å²) in [5.41, 5.74) is 0. The van der Waals surface area contributed by atoms with E-state index in [1.165, 1.54) is 0 Å². The van der Waals surface area contributed by atoms with Gasteiger partial charge in [-0.1, -0.05) is 11.8 Å². The van der Waals surface area contributed by atoms with Gasteiger partial charge in [0.2, 0.25) is 0 Å². The average molecular weight is 189 g/mol. The Bertz CT molecular complexity index is 240. The molecule has 0 aromatic carbocycles. The standard InChI is InChI=1S/C6H7NO4S/c8-3-4(9)7-1-2-12-6(11)5(7)10/h8H,1-3H2. The number of nitrogens with zero attached hydrogens (tertiary/aromatic N) is 1. The van der Waals surface area contributed by atoms with E-state index in [2.05, 4.69) is 0 Å². The van der Waals surface area contributed by atoms with Crippen molar-refractivity contribution in [3.05, 3.63) is 0 Å². The van der Waals surface area contributed by atoms with Crippen LogP contribution in [0.1, 0.15) is 0 Å². The zero-order valence-corrected chi connectivity index (χ0v) is 6.97. The third-order valence-electron chi connectivity index (χ3n) is 1.40. The molecule has 0 aliphatic carbocycles. The second kappa shape index (κ2) is 3.68. The highest BCUT2D eigenvalue weighted by Gasteiger charge is 2.30. The number of hydrogen-bond donors (Lipinski definition) is 1. The number of amides is 2. The molecule has 5 nitrogen and oxygen atoms in total. The molecule has 0 radical (unpaired) electrons. The topological polar surface area (TPSA) is 74.7 Å². The van der Waals surface area contributed by atoms with Gasteiger partial charge in [0.05, 0.1) is 0 Å². The number of carbonyl (C=O) groups excluding carboxylic acids is 3. The van der Waals surface area contributed by atoms with E-state index in [0.29, 0.717) is 5.75 Å². The molecule has 0 spiro atoms. The van der Waals surface area contributed by atoms with Crippen LogP contribution < -0.4 is 0 Å². The number of thioether (sulfide) groups is 1. The molecular formula is C6H7NO4S. The third-order valence-corrected chi connectivity index (χ3v) is 2.23. The van der Waals surface area contributed by atoms with Crippen LogP contribution in [0.15, 0.2) is 0 Å². The molecule has 1 heterocycles. The number of aliphatic hydroxyl groups excluding tert-OH is 1. The molecule has 0 bridgehead atoms. The molecule has 0 atom stereocenters. The minimum atomic E-state index is -0.828. The molecule has 1 aliphatic rings. The minimum Gasteiger partial charge on any atom is -0.387 e. The van der Waals surface area contributed by atoms with E-state index in [-0.39, 0.29) is 6.54 Å². The van der Waals surface area contributed by atoms with Crippen molar-refractivity contribution in [2.75, 3.05) is 18.9 Å². The summed E-state index contributed by atoms with van der Waals surface area (Å²) in [7, 11) is 0. The predicted molar refractivity (Wildman–Crippen MR) is 41.3 cm³/mol. The number of aliphatic hydroxyl groups is 1. The molecule has 1 N–H and O–H groups in total. The van der Waals surface area contributed by atoms with Crippen molar-refractivity contribution in [2.24, 2.45) is 0 Å². The van der Waals surface area contributed by atoms with Gasteiger partial charge in [0.15, 0.2) is 0 Å². The number of hydrogen-bond acceptors (Lipinski definition) is 5. The summed E-state index contributed by atoms with van der Waals surface area (Å²) in [5.74, 6) is -1.13. The Balaban J connectivity index is 2.70. The van der Waals surface area contributed by atoms with Crippen molar-refractivity contribution >= 4 is 28.7 Å².